The number of hydrogen-bond donors (Lipinski definition) is 2. The topological polar surface area (TPSA) is 44.4 Å². The van der Waals surface area contributed by atoms with E-state index >= 15 is 0 Å². The van der Waals surface area contributed by atoms with E-state index in [4.69, 9.17) is 0 Å². The molecular weight excluding hydrogens is 286 g/mol. The first-order valence-electron chi connectivity index (χ1n) is 9.02. The van der Waals surface area contributed by atoms with Crippen molar-refractivity contribution in [3.63, 3.8) is 0 Å². The molecular formula is C19H29N3O. The van der Waals surface area contributed by atoms with Gasteiger partial charge < -0.3 is 10.6 Å². The van der Waals surface area contributed by atoms with Crippen molar-refractivity contribution < 1.29 is 4.79 Å². The first-order chi connectivity index (χ1) is 11.2. The zero-order valence-corrected chi connectivity index (χ0v) is 14.2. The molecule has 0 radical (unpaired) electrons. The number of likely N-dealkylation sites (tertiary alicyclic amines) is 1. The third-order valence-corrected chi connectivity index (χ3v) is 5.12. The van der Waals surface area contributed by atoms with Crippen molar-refractivity contribution in [2.24, 2.45) is 5.92 Å². The monoisotopic (exact) mass is 315 g/mol. The summed E-state index contributed by atoms with van der Waals surface area (Å²) in [4.78, 5) is 14.6. The lowest BCUT2D eigenvalue weighted by Gasteiger charge is -2.30. The molecule has 2 aliphatic rings. The van der Waals surface area contributed by atoms with Crippen LogP contribution < -0.4 is 10.6 Å². The molecule has 2 N–H and O–H groups in total. The summed E-state index contributed by atoms with van der Waals surface area (Å²) in [6, 6.07) is 8.65. The lowest BCUT2D eigenvalue weighted by Crippen LogP contribution is -2.40. The van der Waals surface area contributed by atoms with Crippen LogP contribution >= 0.6 is 0 Å². The predicted molar refractivity (Wildman–Crippen MR) is 93.0 cm³/mol. The third-order valence-electron chi connectivity index (χ3n) is 5.12. The highest BCUT2D eigenvalue weighted by atomic mass is 16.2. The smallest absolute Gasteiger partial charge is 0.237 e. The maximum Gasteiger partial charge on any atom is 0.237 e. The number of carbonyl (C=O) groups is 1. The largest absolute Gasteiger partial charge is 0.351 e. The fourth-order valence-electron chi connectivity index (χ4n) is 3.54. The fourth-order valence-corrected chi connectivity index (χ4v) is 3.54. The number of carbonyl (C=O) groups excluding carboxylic acids is 1. The van der Waals surface area contributed by atoms with E-state index in [2.05, 4.69) is 46.7 Å². The number of nitrogens with one attached hydrogen (secondary N) is 2. The zero-order valence-electron chi connectivity index (χ0n) is 14.2. The molecule has 2 heterocycles. The van der Waals surface area contributed by atoms with Crippen LogP contribution in [-0.4, -0.2) is 36.5 Å². The average molecular weight is 315 g/mol. The molecule has 0 spiro atoms. The number of benzene rings is 1. The first kappa shape index (κ1) is 16.5. The maximum absolute atomic E-state index is 12.1. The molecule has 126 valence electrons. The molecule has 2 fully saturated rings. The number of amides is 1. The second-order valence-electron chi connectivity index (χ2n) is 7.15. The summed E-state index contributed by atoms with van der Waals surface area (Å²) >= 11 is 0. The Morgan fingerprint density at radius 3 is 2.78 bits per heavy atom. The van der Waals surface area contributed by atoms with Gasteiger partial charge in [-0.1, -0.05) is 31.2 Å². The van der Waals surface area contributed by atoms with Gasteiger partial charge in [-0.15, -0.1) is 0 Å². The maximum atomic E-state index is 12.1. The highest BCUT2D eigenvalue weighted by Crippen LogP contribution is 2.18. The molecule has 4 heteroatoms. The predicted octanol–water partition coefficient (Wildman–Crippen LogP) is 2.29. The van der Waals surface area contributed by atoms with Crippen molar-refractivity contribution in [2.75, 3.05) is 19.6 Å². The minimum absolute atomic E-state index is 0.00789. The Morgan fingerprint density at radius 2 is 2.04 bits per heavy atom. The van der Waals surface area contributed by atoms with E-state index < -0.39 is 0 Å². The molecule has 2 saturated heterocycles. The molecule has 2 aliphatic heterocycles. The molecule has 1 aromatic rings. The van der Waals surface area contributed by atoms with Gasteiger partial charge >= 0.3 is 0 Å². The molecule has 0 aromatic heterocycles. The molecule has 0 bridgehead atoms. The summed E-state index contributed by atoms with van der Waals surface area (Å²) in [6.45, 7) is 7.37. The summed E-state index contributed by atoms with van der Waals surface area (Å²) in [5.74, 6) is 1.01. The quantitative estimate of drug-likeness (QED) is 0.876. The van der Waals surface area contributed by atoms with Crippen molar-refractivity contribution in [1.29, 1.82) is 0 Å². The van der Waals surface area contributed by atoms with Crippen molar-refractivity contribution in [1.82, 2.24) is 15.5 Å². The van der Waals surface area contributed by atoms with Crippen molar-refractivity contribution in [3.8, 4) is 0 Å². The Morgan fingerprint density at radius 1 is 1.26 bits per heavy atom. The van der Waals surface area contributed by atoms with Crippen LogP contribution in [0.3, 0.4) is 0 Å². The lowest BCUT2D eigenvalue weighted by molar-refractivity contribution is -0.122. The van der Waals surface area contributed by atoms with Crippen LogP contribution in [0.1, 0.15) is 43.7 Å². The lowest BCUT2D eigenvalue weighted by atomic mass is 9.98. The van der Waals surface area contributed by atoms with Gasteiger partial charge in [-0.05, 0) is 62.4 Å². The number of hydrogen-bond acceptors (Lipinski definition) is 3. The van der Waals surface area contributed by atoms with Crippen LogP contribution in [0.25, 0.3) is 0 Å². The average Bonchev–Trinajstić information content (AvgIpc) is 3.10. The minimum Gasteiger partial charge on any atom is -0.351 e. The second-order valence-corrected chi connectivity index (χ2v) is 7.15. The highest BCUT2D eigenvalue weighted by molar-refractivity contribution is 5.81. The SMILES string of the molecule is CC1CCN(Cc2cccc(CNC(=O)[C@@H]3CCCN3)c2)CC1. The molecule has 23 heavy (non-hydrogen) atoms. The van der Waals surface area contributed by atoms with Crippen LogP contribution in [-0.2, 0) is 17.9 Å². The summed E-state index contributed by atoms with van der Waals surface area (Å²) in [5, 5.41) is 6.31. The zero-order chi connectivity index (χ0) is 16.1. The summed E-state index contributed by atoms with van der Waals surface area (Å²) in [7, 11) is 0. The van der Waals surface area contributed by atoms with E-state index in [-0.39, 0.29) is 11.9 Å². The molecule has 4 nitrogen and oxygen atoms in total. The molecule has 1 atom stereocenters. The van der Waals surface area contributed by atoms with Gasteiger partial charge in [0.15, 0.2) is 0 Å². The molecule has 0 aliphatic carbocycles. The third kappa shape index (κ3) is 4.79. The Balaban J connectivity index is 1.49. The molecule has 1 amide bonds. The second kappa shape index (κ2) is 7.93. The number of rotatable bonds is 5. The number of nitrogens with zero attached hydrogens (tertiary/aromatic N) is 1. The normalized spacial score (nSPS) is 23.1. The molecule has 0 saturated carbocycles. The standard InChI is InChI=1S/C19H29N3O/c1-15-7-10-22(11-8-15)14-17-5-2-4-16(12-17)13-21-19(23)18-6-3-9-20-18/h2,4-5,12,15,18,20H,3,6-11,13-14H2,1H3,(H,21,23)/t18-/m0/s1. The van der Waals surface area contributed by atoms with Gasteiger partial charge in [0.1, 0.15) is 0 Å². The van der Waals surface area contributed by atoms with Gasteiger partial charge in [0.05, 0.1) is 6.04 Å². The van der Waals surface area contributed by atoms with Crippen molar-refractivity contribution in [2.45, 2.75) is 51.7 Å². The Labute approximate surface area is 139 Å². The van der Waals surface area contributed by atoms with Gasteiger partial charge in [-0.2, -0.15) is 0 Å². The van der Waals surface area contributed by atoms with Gasteiger partial charge in [-0.25, -0.2) is 0 Å². The minimum atomic E-state index is 0.00789. The van der Waals surface area contributed by atoms with E-state index in [1.54, 1.807) is 0 Å². The van der Waals surface area contributed by atoms with E-state index in [1.165, 1.54) is 37.1 Å². The van der Waals surface area contributed by atoms with Crippen LogP contribution in [0.4, 0.5) is 0 Å². The van der Waals surface area contributed by atoms with Gasteiger partial charge in [0.25, 0.3) is 0 Å². The van der Waals surface area contributed by atoms with Gasteiger partial charge in [-0.3, -0.25) is 9.69 Å². The Hall–Kier alpha value is -1.39. The summed E-state index contributed by atoms with van der Waals surface area (Å²) in [5.41, 5.74) is 2.55. The van der Waals surface area contributed by atoms with Gasteiger partial charge in [0.2, 0.25) is 5.91 Å². The van der Waals surface area contributed by atoms with Crippen LogP contribution in [0, 0.1) is 5.92 Å². The summed E-state index contributed by atoms with van der Waals surface area (Å²) in [6.07, 6.45) is 4.68. The number of piperidine rings is 1. The van der Waals surface area contributed by atoms with E-state index in [0.717, 1.165) is 31.8 Å². The van der Waals surface area contributed by atoms with Crippen molar-refractivity contribution in [3.05, 3.63) is 35.4 Å². The summed E-state index contributed by atoms with van der Waals surface area (Å²) < 4.78 is 0. The highest BCUT2D eigenvalue weighted by Gasteiger charge is 2.21. The molecule has 0 unspecified atom stereocenters. The Bertz CT molecular complexity index is 517. The molecule has 1 aromatic carbocycles. The van der Waals surface area contributed by atoms with Gasteiger partial charge in [0, 0.05) is 13.1 Å². The first-order valence-corrected chi connectivity index (χ1v) is 9.02. The van der Waals surface area contributed by atoms with E-state index in [0.29, 0.717) is 6.54 Å². The fraction of sp³-hybridized carbons (Fsp3) is 0.632. The molecule has 3 rings (SSSR count). The van der Waals surface area contributed by atoms with Crippen LogP contribution in [0.5, 0.6) is 0 Å². The van der Waals surface area contributed by atoms with Crippen LogP contribution in [0.15, 0.2) is 24.3 Å². The van der Waals surface area contributed by atoms with Crippen LogP contribution in [0.2, 0.25) is 0 Å². The Kier molecular flexibility index (Phi) is 5.68. The van der Waals surface area contributed by atoms with E-state index in [9.17, 15) is 4.79 Å². The van der Waals surface area contributed by atoms with E-state index in [1.807, 2.05) is 0 Å². The van der Waals surface area contributed by atoms with Crippen molar-refractivity contribution >= 4 is 5.91 Å².